The lowest BCUT2D eigenvalue weighted by atomic mass is 10.0. The largest absolute Gasteiger partial charge is 0.452 e. The van der Waals surface area contributed by atoms with Crippen LogP contribution >= 0.6 is 0 Å². The van der Waals surface area contributed by atoms with Gasteiger partial charge >= 0.3 is 5.97 Å². The van der Waals surface area contributed by atoms with E-state index in [0.717, 1.165) is 11.1 Å². The second-order valence-corrected chi connectivity index (χ2v) is 4.25. The van der Waals surface area contributed by atoms with Gasteiger partial charge < -0.3 is 4.74 Å². The molecule has 0 fully saturated rings. The molecule has 0 aliphatic rings. The Morgan fingerprint density at radius 2 is 1.47 bits per heavy atom. The molecule has 0 N–H and O–H groups in total. The summed E-state index contributed by atoms with van der Waals surface area (Å²) in [5, 5.41) is 0. The Morgan fingerprint density at radius 3 is 1.89 bits per heavy atom. The van der Waals surface area contributed by atoms with Gasteiger partial charge in [-0.05, 0) is 17.5 Å². The summed E-state index contributed by atoms with van der Waals surface area (Å²) in [6.07, 6.45) is 1.88. The summed E-state index contributed by atoms with van der Waals surface area (Å²) in [6, 6.07) is 19.6. The minimum atomic E-state index is -0.349. The molecule has 0 amide bonds. The molecule has 0 aliphatic heterocycles. The van der Waals surface area contributed by atoms with Gasteiger partial charge in [-0.25, -0.2) is 0 Å². The maximum Gasteiger partial charge on any atom is 0.310 e. The number of benzene rings is 2. The van der Waals surface area contributed by atoms with Crippen molar-refractivity contribution in [3.05, 3.63) is 78.2 Å². The first kappa shape index (κ1) is 13.3. The molecule has 0 aromatic heterocycles. The van der Waals surface area contributed by atoms with Crippen LogP contribution in [0.25, 0.3) is 0 Å². The van der Waals surface area contributed by atoms with Crippen LogP contribution in [0.1, 0.15) is 30.6 Å². The van der Waals surface area contributed by atoms with Gasteiger partial charge in [0.25, 0.3) is 0 Å². The highest BCUT2D eigenvalue weighted by Crippen LogP contribution is 2.26. The molecule has 0 aliphatic carbocycles. The molecule has 0 heterocycles. The van der Waals surface area contributed by atoms with Crippen LogP contribution in [0.2, 0.25) is 0 Å². The van der Waals surface area contributed by atoms with Gasteiger partial charge in [-0.3, -0.25) is 4.79 Å². The zero-order valence-electron chi connectivity index (χ0n) is 11.0. The third-order valence-corrected chi connectivity index (χ3v) is 2.81. The highest BCUT2D eigenvalue weighted by molar-refractivity contribution is 5.79. The van der Waals surface area contributed by atoms with Gasteiger partial charge in [-0.1, -0.05) is 67.6 Å². The Morgan fingerprint density at radius 1 is 1.00 bits per heavy atom. The predicted molar refractivity (Wildman–Crippen MR) is 75.4 cm³/mol. The Labute approximate surface area is 114 Å². The topological polar surface area (TPSA) is 26.3 Å². The molecule has 2 nitrogen and oxygen atoms in total. The second-order valence-electron chi connectivity index (χ2n) is 4.25. The number of carbonyl (C=O) groups excluding carboxylic acids is 1. The molecular formula is C17H17O2. The number of hydrogen-bond donors (Lipinski definition) is 0. The maximum absolute atomic E-state index is 11.7. The van der Waals surface area contributed by atoms with Gasteiger partial charge in [-0.2, -0.15) is 0 Å². The summed E-state index contributed by atoms with van der Waals surface area (Å²) in [5.74, 6) is -0.278. The highest BCUT2D eigenvalue weighted by atomic mass is 16.5. The summed E-state index contributed by atoms with van der Waals surface area (Å²) in [5.41, 5.74) is 1.96. The van der Waals surface area contributed by atoms with E-state index in [1.165, 1.54) is 0 Å². The minimum absolute atomic E-state index is 0.278. The number of rotatable bonds is 5. The lowest BCUT2D eigenvalue weighted by Crippen LogP contribution is -2.12. The van der Waals surface area contributed by atoms with Crippen LogP contribution in [-0.4, -0.2) is 5.97 Å². The Bertz CT molecular complexity index is 466. The maximum atomic E-state index is 11.7. The molecule has 1 radical (unpaired) electrons. The number of ether oxygens (including phenoxy) is 1. The van der Waals surface area contributed by atoms with Crippen LogP contribution in [0.3, 0.4) is 0 Å². The number of hydrogen-bond acceptors (Lipinski definition) is 2. The molecule has 2 rings (SSSR count). The van der Waals surface area contributed by atoms with Crippen molar-refractivity contribution in [1.82, 2.24) is 0 Å². The van der Waals surface area contributed by atoms with Crippen LogP contribution in [-0.2, 0) is 9.53 Å². The predicted octanol–water partition coefficient (Wildman–Crippen LogP) is 3.93. The minimum Gasteiger partial charge on any atom is -0.452 e. The van der Waals surface area contributed by atoms with Crippen molar-refractivity contribution in [2.24, 2.45) is 0 Å². The lowest BCUT2D eigenvalue weighted by Gasteiger charge is -2.18. The molecule has 0 saturated carbocycles. The third kappa shape index (κ3) is 3.68. The van der Waals surface area contributed by atoms with E-state index in [2.05, 4.69) is 0 Å². The zero-order chi connectivity index (χ0) is 13.5. The smallest absolute Gasteiger partial charge is 0.310 e. The third-order valence-electron chi connectivity index (χ3n) is 2.81. The van der Waals surface area contributed by atoms with Crippen molar-refractivity contribution in [3.63, 3.8) is 0 Å². The first-order chi connectivity index (χ1) is 9.31. The summed E-state index contributed by atoms with van der Waals surface area (Å²) in [6.45, 7) is 1.92. The molecule has 19 heavy (non-hydrogen) atoms. The molecule has 0 saturated heterocycles. The monoisotopic (exact) mass is 253 g/mol. The summed E-state index contributed by atoms with van der Waals surface area (Å²) in [4.78, 5) is 11.7. The van der Waals surface area contributed by atoms with E-state index in [1.807, 2.05) is 67.6 Å². The van der Waals surface area contributed by atoms with Crippen LogP contribution < -0.4 is 0 Å². The normalized spacial score (nSPS) is 10.4. The fourth-order valence-corrected chi connectivity index (χ4v) is 1.92. The molecule has 0 unspecified atom stereocenters. The molecule has 2 heteroatoms. The molecular weight excluding hydrogens is 236 g/mol. The molecule has 2 aromatic carbocycles. The van der Waals surface area contributed by atoms with Crippen LogP contribution in [0.5, 0.6) is 0 Å². The zero-order valence-corrected chi connectivity index (χ0v) is 11.0. The number of carbonyl (C=O) groups is 1. The fraction of sp³-hybridized carbons (Fsp3) is 0.176. The number of esters is 1. The molecule has 0 spiro atoms. The van der Waals surface area contributed by atoms with Gasteiger partial charge in [0, 0.05) is 0 Å². The van der Waals surface area contributed by atoms with E-state index in [4.69, 9.17) is 4.74 Å². The summed E-state index contributed by atoms with van der Waals surface area (Å²) >= 11 is 0. The first-order valence-corrected chi connectivity index (χ1v) is 6.45. The van der Waals surface area contributed by atoms with Crippen molar-refractivity contribution in [2.45, 2.75) is 19.4 Å². The van der Waals surface area contributed by atoms with Crippen molar-refractivity contribution >= 4 is 5.97 Å². The van der Waals surface area contributed by atoms with Gasteiger partial charge in [0.1, 0.15) is 0 Å². The van der Waals surface area contributed by atoms with Gasteiger partial charge in [0.2, 0.25) is 0 Å². The highest BCUT2D eigenvalue weighted by Gasteiger charge is 2.18. The van der Waals surface area contributed by atoms with Crippen molar-refractivity contribution < 1.29 is 9.53 Å². The van der Waals surface area contributed by atoms with E-state index in [1.54, 1.807) is 6.42 Å². The standard InChI is InChI=1S/C17H17O2/c1-2-9-16(18)19-17(14-10-5-3-6-11-14)15-12-7-4-8-13-15/h3-13,17H,2H2,1H3. The quantitative estimate of drug-likeness (QED) is 0.754. The van der Waals surface area contributed by atoms with Crippen molar-refractivity contribution in [2.75, 3.05) is 0 Å². The van der Waals surface area contributed by atoms with E-state index in [9.17, 15) is 4.79 Å². The Kier molecular flexibility index (Phi) is 4.73. The summed E-state index contributed by atoms with van der Waals surface area (Å²) < 4.78 is 5.57. The van der Waals surface area contributed by atoms with Gasteiger partial charge in [0.05, 0.1) is 6.42 Å². The molecule has 97 valence electrons. The van der Waals surface area contributed by atoms with Crippen LogP contribution in [0.15, 0.2) is 60.7 Å². The Balaban J connectivity index is 2.26. The van der Waals surface area contributed by atoms with Gasteiger partial charge in [0.15, 0.2) is 6.10 Å². The first-order valence-electron chi connectivity index (χ1n) is 6.45. The summed E-state index contributed by atoms with van der Waals surface area (Å²) in [7, 11) is 0. The van der Waals surface area contributed by atoms with E-state index in [0.29, 0.717) is 6.42 Å². The van der Waals surface area contributed by atoms with E-state index in [-0.39, 0.29) is 12.1 Å². The van der Waals surface area contributed by atoms with Crippen molar-refractivity contribution in [3.8, 4) is 0 Å². The SMILES string of the molecule is CC[CH]C(=O)OC(c1ccccc1)c1ccccc1. The average molecular weight is 253 g/mol. The van der Waals surface area contributed by atoms with Crippen LogP contribution in [0.4, 0.5) is 0 Å². The lowest BCUT2D eigenvalue weighted by molar-refractivity contribution is -0.143. The second kappa shape index (κ2) is 6.74. The Hall–Kier alpha value is -2.09. The molecule has 0 bridgehead atoms. The molecule has 0 atom stereocenters. The van der Waals surface area contributed by atoms with Crippen LogP contribution in [0, 0.1) is 6.42 Å². The van der Waals surface area contributed by atoms with Crippen molar-refractivity contribution in [1.29, 1.82) is 0 Å². The molecule has 2 aromatic rings. The fourth-order valence-electron chi connectivity index (χ4n) is 1.92. The van der Waals surface area contributed by atoms with E-state index < -0.39 is 0 Å². The average Bonchev–Trinajstić information content (AvgIpc) is 2.47. The van der Waals surface area contributed by atoms with Gasteiger partial charge in [-0.15, -0.1) is 0 Å². The van der Waals surface area contributed by atoms with E-state index >= 15 is 0 Å².